The lowest BCUT2D eigenvalue weighted by molar-refractivity contribution is -0.121. The van der Waals surface area contributed by atoms with Gasteiger partial charge in [-0.2, -0.15) is 0 Å². The summed E-state index contributed by atoms with van der Waals surface area (Å²) in [6.45, 7) is 5.68. The first-order chi connectivity index (χ1) is 11.9. The number of aryl methyl sites for hydroxylation is 3. The van der Waals surface area contributed by atoms with Gasteiger partial charge in [-0.25, -0.2) is 9.97 Å². The summed E-state index contributed by atoms with van der Waals surface area (Å²) in [6, 6.07) is 7.21. The smallest absolute Gasteiger partial charge is 0.269 e. The summed E-state index contributed by atoms with van der Waals surface area (Å²) in [5.41, 5.74) is 9.03. The highest BCUT2D eigenvalue weighted by atomic mass is 32.2. The maximum absolute atomic E-state index is 12.1. The van der Waals surface area contributed by atoms with Gasteiger partial charge >= 0.3 is 0 Å². The van der Waals surface area contributed by atoms with Crippen molar-refractivity contribution >= 4 is 23.6 Å². The largest absolute Gasteiger partial charge is 0.273 e. The van der Waals surface area contributed by atoms with Gasteiger partial charge in [0.25, 0.3) is 5.91 Å². The molecule has 7 heteroatoms. The van der Waals surface area contributed by atoms with E-state index >= 15 is 0 Å². The maximum atomic E-state index is 12.1. The van der Waals surface area contributed by atoms with Gasteiger partial charge < -0.3 is 0 Å². The second-order valence-electron chi connectivity index (χ2n) is 5.68. The second kappa shape index (κ2) is 8.62. The third kappa shape index (κ3) is 5.03. The minimum absolute atomic E-state index is 0.248. The zero-order valence-electron chi connectivity index (χ0n) is 14.8. The molecule has 1 aromatic heterocycles. The van der Waals surface area contributed by atoms with Crippen LogP contribution in [0.25, 0.3) is 0 Å². The molecule has 0 bridgehead atoms. The molecule has 0 radical (unpaired) electrons. The van der Waals surface area contributed by atoms with E-state index in [2.05, 4.69) is 20.8 Å². The topological polar surface area (TPSA) is 84.0 Å². The molecule has 0 unspecified atom stereocenters. The zero-order valence-corrected chi connectivity index (χ0v) is 15.7. The van der Waals surface area contributed by atoms with Crippen LogP contribution in [-0.2, 0) is 11.2 Å². The summed E-state index contributed by atoms with van der Waals surface area (Å²) in [7, 11) is 0. The molecule has 1 aromatic carbocycles. The SMILES string of the molecule is CSc1nc(C)c(CCC(=O)NNC(=O)c2ccccc2C)c(C)n1. The molecule has 2 rings (SSSR count). The fourth-order valence-corrected chi connectivity index (χ4v) is 2.94. The molecule has 6 nitrogen and oxygen atoms in total. The van der Waals surface area contributed by atoms with Crippen LogP contribution in [0.1, 0.15) is 39.3 Å². The average Bonchev–Trinajstić information content (AvgIpc) is 2.59. The zero-order chi connectivity index (χ0) is 18.4. The van der Waals surface area contributed by atoms with Crippen LogP contribution in [-0.4, -0.2) is 28.0 Å². The molecule has 2 N–H and O–H groups in total. The summed E-state index contributed by atoms with van der Waals surface area (Å²) in [5, 5.41) is 0.730. The number of carbonyl (C=O) groups is 2. The first kappa shape index (κ1) is 18.9. The Kier molecular flexibility index (Phi) is 6.52. The lowest BCUT2D eigenvalue weighted by atomic mass is 10.1. The molecule has 0 spiro atoms. The molecule has 0 aliphatic rings. The minimum Gasteiger partial charge on any atom is -0.273 e. The van der Waals surface area contributed by atoms with Crippen molar-refractivity contribution in [2.24, 2.45) is 0 Å². The number of rotatable bonds is 5. The molecule has 2 aromatic rings. The third-order valence-electron chi connectivity index (χ3n) is 3.89. The van der Waals surface area contributed by atoms with Gasteiger partial charge in [-0.05, 0) is 50.6 Å². The Bertz CT molecular complexity index is 769. The number of amides is 2. The van der Waals surface area contributed by atoms with E-state index in [9.17, 15) is 9.59 Å². The Morgan fingerprint density at radius 3 is 2.28 bits per heavy atom. The van der Waals surface area contributed by atoms with Crippen molar-refractivity contribution in [3.63, 3.8) is 0 Å². The first-order valence-corrected chi connectivity index (χ1v) is 9.17. The van der Waals surface area contributed by atoms with Crippen molar-refractivity contribution in [2.75, 3.05) is 6.26 Å². The van der Waals surface area contributed by atoms with E-state index in [0.29, 0.717) is 12.0 Å². The van der Waals surface area contributed by atoms with Crippen LogP contribution >= 0.6 is 11.8 Å². The Hall–Kier alpha value is -2.41. The van der Waals surface area contributed by atoms with E-state index in [1.807, 2.05) is 39.2 Å². The number of thioether (sulfide) groups is 1. The van der Waals surface area contributed by atoms with E-state index < -0.39 is 0 Å². The molecule has 0 aliphatic carbocycles. The fraction of sp³-hybridized carbons (Fsp3) is 0.333. The van der Waals surface area contributed by atoms with E-state index in [1.165, 1.54) is 11.8 Å². The molecule has 132 valence electrons. The number of nitrogens with one attached hydrogen (secondary N) is 2. The van der Waals surface area contributed by atoms with Gasteiger partial charge in [0, 0.05) is 23.4 Å². The predicted octanol–water partition coefficient (Wildman–Crippen LogP) is 2.52. The molecule has 1 heterocycles. The molecule has 2 amide bonds. The van der Waals surface area contributed by atoms with Gasteiger partial charge in [0.15, 0.2) is 5.16 Å². The van der Waals surface area contributed by atoms with Crippen molar-refractivity contribution in [1.82, 2.24) is 20.8 Å². The number of hydrogen-bond donors (Lipinski definition) is 2. The lowest BCUT2D eigenvalue weighted by Gasteiger charge is -2.11. The molecule has 0 saturated carbocycles. The van der Waals surface area contributed by atoms with E-state index in [-0.39, 0.29) is 18.2 Å². The molecular weight excluding hydrogens is 336 g/mol. The average molecular weight is 358 g/mol. The third-order valence-corrected chi connectivity index (χ3v) is 4.44. The molecule has 0 aliphatic heterocycles. The van der Waals surface area contributed by atoms with Gasteiger partial charge in [-0.15, -0.1) is 0 Å². The van der Waals surface area contributed by atoms with Gasteiger partial charge in [0.1, 0.15) is 0 Å². The summed E-state index contributed by atoms with van der Waals surface area (Å²) in [5.74, 6) is -0.582. The van der Waals surface area contributed by atoms with Crippen LogP contribution < -0.4 is 10.9 Å². The summed E-state index contributed by atoms with van der Waals surface area (Å²) < 4.78 is 0. The number of hydrazine groups is 1. The Morgan fingerprint density at radius 2 is 1.68 bits per heavy atom. The standard InChI is InChI=1S/C18H22N4O2S/c1-11-7-5-6-8-14(11)17(24)22-21-16(23)10-9-15-12(2)19-18(25-4)20-13(15)3/h5-8H,9-10H2,1-4H3,(H,21,23)(H,22,24). The van der Waals surface area contributed by atoms with E-state index in [4.69, 9.17) is 0 Å². The maximum Gasteiger partial charge on any atom is 0.269 e. The van der Waals surface area contributed by atoms with Crippen LogP contribution in [0.2, 0.25) is 0 Å². The van der Waals surface area contributed by atoms with Gasteiger partial charge in [-0.3, -0.25) is 20.4 Å². The van der Waals surface area contributed by atoms with Gasteiger partial charge in [0.05, 0.1) is 0 Å². The summed E-state index contributed by atoms with van der Waals surface area (Å²) in [4.78, 5) is 32.9. The summed E-state index contributed by atoms with van der Waals surface area (Å²) >= 11 is 1.49. The van der Waals surface area contributed by atoms with Crippen LogP contribution in [0.3, 0.4) is 0 Å². The molecular formula is C18H22N4O2S. The van der Waals surface area contributed by atoms with E-state index in [1.54, 1.807) is 12.1 Å². The van der Waals surface area contributed by atoms with Crippen LogP contribution in [0.5, 0.6) is 0 Å². The van der Waals surface area contributed by atoms with E-state index in [0.717, 1.165) is 27.7 Å². The highest BCUT2D eigenvalue weighted by molar-refractivity contribution is 7.98. The van der Waals surface area contributed by atoms with Gasteiger partial charge in [-0.1, -0.05) is 30.0 Å². The van der Waals surface area contributed by atoms with Crippen LogP contribution in [0.4, 0.5) is 0 Å². The van der Waals surface area contributed by atoms with Crippen LogP contribution in [0.15, 0.2) is 29.4 Å². The minimum atomic E-state index is -0.327. The Morgan fingerprint density at radius 1 is 1.04 bits per heavy atom. The molecule has 25 heavy (non-hydrogen) atoms. The number of nitrogens with zero attached hydrogens (tertiary/aromatic N) is 2. The van der Waals surface area contributed by atoms with Crippen molar-refractivity contribution in [3.8, 4) is 0 Å². The first-order valence-electron chi connectivity index (χ1n) is 7.95. The molecule has 0 saturated heterocycles. The highest BCUT2D eigenvalue weighted by Gasteiger charge is 2.12. The quantitative estimate of drug-likeness (QED) is 0.487. The predicted molar refractivity (Wildman–Crippen MR) is 98.4 cm³/mol. The number of benzene rings is 1. The van der Waals surface area contributed by atoms with Crippen LogP contribution in [0, 0.1) is 20.8 Å². The number of aromatic nitrogens is 2. The van der Waals surface area contributed by atoms with Crippen molar-refractivity contribution < 1.29 is 9.59 Å². The number of hydrogen-bond acceptors (Lipinski definition) is 5. The van der Waals surface area contributed by atoms with Crippen molar-refractivity contribution in [3.05, 3.63) is 52.3 Å². The second-order valence-corrected chi connectivity index (χ2v) is 6.45. The monoisotopic (exact) mass is 358 g/mol. The normalized spacial score (nSPS) is 10.4. The highest BCUT2D eigenvalue weighted by Crippen LogP contribution is 2.17. The number of carbonyl (C=O) groups excluding carboxylic acids is 2. The molecule has 0 fully saturated rings. The van der Waals surface area contributed by atoms with Crippen molar-refractivity contribution in [2.45, 2.75) is 38.8 Å². The Balaban J connectivity index is 1.89. The summed E-state index contributed by atoms with van der Waals surface area (Å²) in [6.07, 6.45) is 2.70. The Labute approximate surface area is 151 Å². The molecule has 0 atom stereocenters. The fourth-order valence-electron chi connectivity index (χ4n) is 2.48. The van der Waals surface area contributed by atoms with Crippen molar-refractivity contribution in [1.29, 1.82) is 0 Å². The van der Waals surface area contributed by atoms with Gasteiger partial charge in [0.2, 0.25) is 5.91 Å². The lowest BCUT2D eigenvalue weighted by Crippen LogP contribution is -2.42.